The van der Waals surface area contributed by atoms with Crippen LogP contribution >= 0.6 is 0 Å². The third-order valence-electron chi connectivity index (χ3n) is 5.21. The predicted molar refractivity (Wildman–Crippen MR) is 125 cm³/mol. The molecule has 1 heterocycles. The maximum absolute atomic E-state index is 12.9. The van der Waals surface area contributed by atoms with E-state index >= 15 is 0 Å². The van der Waals surface area contributed by atoms with Crippen molar-refractivity contribution in [2.24, 2.45) is 5.10 Å². The summed E-state index contributed by atoms with van der Waals surface area (Å²) in [5.41, 5.74) is 3.45. The summed E-state index contributed by atoms with van der Waals surface area (Å²) < 4.78 is 1.39. The third kappa shape index (κ3) is 4.53. The summed E-state index contributed by atoms with van der Waals surface area (Å²) in [7, 11) is 0. The van der Waals surface area contributed by atoms with Gasteiger partial charge in [0.15, 0.2) is 5.69 Å². The SMILES string of the molecule is CCCCCn1nc(C(=O)N/N=C\c2ccc3ccccc3c2)c2ccccc2c1=O. The van der Waals surface area contributed by atoms with E-state index in [-0.39, 0.29) is 11.3 Å². The number of aryl methyl sites for hydroxylation is 1. The van der Waals surface area contributed by atoms with Crippen LogP contribution in [0.2, 0.25) is 0 Å². The molecule has 0 aliphatic carbocycles. The molecule has 0 aliphatic heterocycles. The van der Waals surface area contributed by atoms with Gasteiger partial charge in [0.1, 0.15) is 0 Å². The number of hydrogen-bond donors (Lipinski definition) is 1. The van der Waals surface area contributed by atoms with Crippen LogP contribution in [-0.4, -0.2) is 21.9 Å². The highest BCUT2D eigenvalue weighted by atomic mass is 16.2. The third-order valence-corrected chi connectivity index (χ3v) is 5.21. The first kappa shape index (κ1) is 20.5. The summed E-state index contributed by atoms with van der Waals surface area (Å²) in [6.45, 7) is 2.58. The van der Waals surface area contributed by atoms with E-state index in [0.717, 1.165) is 35.6 Å². The van der Waals surface area contributed by atoms with E-state index in [9.17, 15) is 9.59 Å². The van der Waals surface area contributed by atoms with E-state index in [2.05, 4.69) is 22.5 Å². The first-order valence-corrected chi connectivity index (χ1v) is 10.5. The summed E-state index contributed by atoms with van der Waals surface area (Å²) in [5.74, 6) is -0.447. The molecule has 1 aromatic heterocycles. The molecule has 0 aliphatic rings. The molecular weight excluding hydrogens is 388 g/mol. The monoisotopic (exact) mass is 412 g/mol. The smallest absolute Gasteiger partial charge is 0.267 e. The van der Waals surface area contributed by atoms with E-state index in [1.54, 1.807) is 30.5 Å². The molecule has 1 amide bonds. The van der Waals surface area contributed by atoms with E-state index in [4.69, 9.17) is 0 Å². The van der Waals surface area contributed by atoms with Crippen LogP contribution < -0.4 is 11.0 Å². The lowest BCUT2D eigenvalue weighted by Gasteiger charge is -2.10. The molecule has 0 saturated heterocycles. The van der Waals surface area contributed by atoms with Gasteiger partial charge in [0.2, 0.25) is 0 Å². The second kappa shape index (κ2) is 9.34. The highest BCUT2D eigenvalue weighted by molar-refractivity contribution is 6.05. The molecule has 0 atom stereocenters. The Morgan fingerprint density at radius 2 is 1.74 bits per heavy atom. The number of nitrogens with zero attached hydrogens (tertiary/aromatic N) is 3. The summed E-state index contributed by atoms with van der Waals surface area (Å²) in [6.07, 6.45) is 4.48. The maximum atomic E-state index is 12.9. The van der Waals surface area contributed by atoms with Gasteiger partial charge in [-0.15, -0.1) is 0 Å². The minimum atomic E-state index is -0.447. The number of fused-ring (bicyclic) bond motifs is 2. The first-order chi connectivity index (χ1) is 15.2. The Balaban J connectivity index is 1.59. The normalized spacial score (nSPS) is 11.4. The quantitative estimate of drug-likeness (QED) is 0.276. The Morgan fingerprint density at radius 1 is 1.00 bits per heavy atom. The van der Waals surface area contributed by atoms with Crippen molar-refractivity contribution in [3.05, 3.63) is 88.3 Å². The van der Waals surface area contributed by atoms with Crippen molar-refractivity contribution in [2.75, 3.05) is 0 Å². The van der Waals surface area contributed by atoms with Crippen molar-refractivity contribution < 1.29 is 4.79 Å². The van der Waals surface area contributed by atoms with Crippen molar-refractivity contribution >= 4 is 33.7 Å². The molecular formula is C25H24N4O2. The molecule has 0 bridgehead atoms. The maximum Gasteiger partial charge on any atom is 0.292 e. The highest BCUT2D eigenvalue weighted by Crippen LogP contribution is 2.15. The minimum absolute atomic E-state index is 0.178. The molecule has 6 nitrogen and oxygen atoms in total. The number of unbranched alkanes of at least 4 members (excludes halogenated alkanes) is 2. The molecule has 0 spiro atoms. The topological polar surface area (TPSA) is 76.3 Å². The zero-order valence-corrected chi connectivity index (χ0v) is 17.4. The number of amides is 1. The van der Waals surface area contributed by atoms with Crippen molar-refractivity contribution in [2.45, 2.75) is 32.7 Å². The summed E-state index contributed by atoms with van der Waals surface area (Å²) in [4.78, 5) is 25.6. The Hall–Kier alpha value is -3.80. The first-order valence-electron chi connectivity index (χ1n) is 10.5. The second-order valence-corrected chi connectivity index (χ2v) is 7.44. The van der Waals surface area contributed by atoms with Crippen LogP contribution in [0.5, 0.6) is 0 Å². The number of nitrogens with one attached hydrogen (secondary N) is 1. The number of hydrogen-bond acceptors (Lipinski definition) is 4. The van der Waals surface area contributed by atoms with Crippen LogP contribution in [-0.2, 0) is 6.54 Å². The lowest BCUT2D eigenvalue weighted by molar-refractivity contribution is 0.0949. The molecule has 0 unspecified atom stereocenters. The van der Waals surface area contributed by atoms with Gasteiger partial charge in [-0.3, -0.25) is 9.59 Å². The Kier molecular flexibility index (Phi) is 6.17. The number of hydrazone groups is 1. The number of carbonyl (C=O) groups excluding carboxylic acids is 1. The molecule has 31 heavy (non-hydrogen) atoms. The number of aromatic nitrogens is 2. The molecule has 4 rings (SSSR count). The minimum Gasteiger partial charge on any atom is -0.267 e. The van der Waals surface area contributed by atoms with Crippen molar-refractivity contribution in [3.8, 4) is 0 Å². The van der Waals surface area contributed by atoms with E-state index < -0.39 is 5.91 Å². The van der Waals surface area contributed by atoms with E-state index in [1.807, 2.05) is 42.5 Å². The highest BCUT2D eigenvalue weighted by Gasteiger charge is 2.16. The Morgan fingerprint density at radius 3 is 2.55 bits per heavy atom. The van der Waals surface area contributed by atoms with Crippen LogP contribution in [0.1, 0.15) is 42.2 Å². The molecule has 3 aromatic carbocycles. The van der Waals surface area contributed by atoms with Gasteiger partial charge < -0.3 is 0 Å². The van der Waals surface area contributed by atoms with Crippen LogP contribution in [0.25, 0.3) is 21.5 Å². The van der Waals surface area contributed by atoms with Gasteiger partial charge in [-0.05, 0) is 34.9 Å². The molecule has 156 valence electrons. The van der Waals surface area contributed by atoms with Gasteiger partial charge in [-0.25, -0.2) is 10.1 Å². The molecule has 6 heteroatoms. The van der Waals surface area contributed by atoms with Crippen LogP contribution in [0.15, 0.2) is 76.6 Å². The van der Waals surface area contributed by atoms with Gasteiger partial charge >= 0.3 is 0 Å². The number of carbonyl (C=O) groups is 1. The van der Waals surface area contributed by atoms with Crippen molar-refractivity contribution in [3.63, 3.8) is 0 Å². The lowest BCUT2D eigenvalue weighted by atomic mass is 10.1. The number of benzene rings is 3. The van der Waals surface area contributed by atoms with E-state index in [0.29, 0.717) is 17.3 Å². The summed E-state index contributed by atoms with van der Waals surface area (Å²) in [5, 5.41) is 11.7. The summed E-state index contributed by atoms with van der Waals surface area (Å²) in [6, 6.07) is 21.1. The van der Waals surface area contributed by atoms with Crippen LogP contribution in [0.3, 0.4) is 0 Å². The molecule has 0 radical (unpaired) electrons. The second-order valence-electron chi connectivity index (χ2n) is 7.44. The van der Waals surface area contributed by atoms with Gasteiger partial charge in [0.25, 0.3) is 11.5 Å². The van der Waals surface area contributed by atoms with Crippen molar-refractivity contribution in [1.82, 2.24) is 15.2 Å². The fraction of sp³-hybridized carbons (Fsp3) is 0.200. The number of rotatable bonds is 7. The summed E-state index contributed by atoms with van der Waals surface area (Å²) >= 11 is 0. The fourth-order valence-electron chi connectivity index (χ4n) is 3.57. The lowest BCUT2D eigenvalue weighted by Crippen LogP contribution is -2.29. The van der Waals surface area contributed by atoms with Gasteiger partial charge in [0.05, 0.1) is 11.6 Å². The Labute approximate surface area is 180 Å². The van der Waals surface area contributed by atoms with Gasteiger partial charge in [-0.1, -0.05) is 74.4 Å². The van der Waals surface area contributed by atoms with Crippen LogP contribution in [0, 0.1) is 0 Å². The van der Waals surface area contributed by atoms with Crippen molar-refractivity contribution in [1.29, 1.82) is 0 Å². The van der Waals surface area contributed by atoms with E-state index in [1.165, 1.54) is 4.68 Å². The standard InChI is InChI=1S/C25H24N4O2/c1-2-3-8-15-29-25(31)22-12-7-6-11-21(22)23(28-29)24(30)27-26-17-18-13-14-19-9-4-5-10-20(19)16-18/h4-7,9-14,16-17H,2-3,8,15H2,1H3,(H,27,30)/b26-17-. The van der Waals surface area contributed by atoms with Gasteiger partial charge in [-0.2, -0.15) is 10.2 Å². The zero-order chi connectivity index (χ0) is 21.6. The largest absolute Gasteiger partial charge is 0.292 e. The average molecular weight is 412 g/mol. The predicted octanol–water partition coefficient (Wildman–Crippen LogP) is 4.50. The molecule has 0 saturated carbocycles. The molecule has 4 aromatic rings. The average Bonchev–Trinajstić information content (AvgIpc) is 2.80. The van der Waals surface area contributed by atoms with Gasteiger partial charge in [0, 0.05) is 11.9 Å². The zero-order valence-electron chi connectivity index (χ0n) is 17.4. The fourth-order valence-corrected chi connectivity index (χ4v) is 3.57. The molecule has 0 fully saturated rings. The molecule has 1 N–H and O–H groups in total. The van der Waals surface area contributed by atoms with Crippen LogP contribution in [0.4, 0.5) is 0 Å². The Bertz CT molecular complexity index is 1320.